The molecule has 0 unspecified atom stereocenters. The number of thiazole rings is 1. The van der Waals surface area contributed by atoms with Crippen molar-refractivity contribution in [3.8, 4) is 21.7 Å². The highest BCUT2D eigenvalue weighted by Gasteiger charge is 2.34. The van der Waals surface area contributed by atoms with Gasteiger partial charge in [0.1, 0.15) is 16.4 Å². The predicted molar refractivity (Wildman–Crippen MR) is 133 cm³/mol. The second-order valence-electron chi connectivity index (χ2n) is 7.83. The Hall–Kier alpha value is -4.26. The van der Waals surface area contributed by atoms with Gasteiger partial charge < -0.3 is 15.0 Å². The molecule has 192 valence electrons. The number of carbonyl (C=O) groups is 2. The summed E-state index contributed by atoms with van der Waals surface area (Å²) in [5, 5.41) is 15.6. The van der Waals surface area contributed by atoms with Gasteiger partial charge in [0.2, 0.25) is 5.43 Å². The molecule has 0 saturated carbocycles. The van der Waals surface area contributed by atoms with Crippen LogP contribution in [-0.2, 0) is 12.7 Å². The second kappa shape index (κ2) is 10.0. The minimum atomic E-state index is -4.63. The van der Waals surface area contributed by atoms with E-state index < -0.39 is 29.3 Å². The minimum Gasteiger partial charge on any atom is -0.477 e. The molecule has 4 aromatic rings. The molecule has 13 heteroatoms. The van der Waals surface area contributed by atoms with E-state index in [1.807, 2.05) is 0 Å². The van der Waals surface area contributed by atoms with Crippen LogP contribution in [0.5, 0.6) is 0 Å². The number of aromatic carboxylic acids is 1. The van der Waals surface area contributed by atoms with Crippen molar-refractivity contribution in [3.05, 3.63) is 63.5 Å². The van der Waals surface area contributed by atoms with E-state index in [1.54, 1.807) is 30.5 Å². The molecule has 0 aliphatic heterocycles. The molecule has 0 aliphatic rings. The summed E-state index contributed by atoms with van der Waals surface area (Å²) in [4.78, 5) is 44.2. The summed E-state index contributed by atoms with van der Waals surface area (Å²) in [6.45, 7) is 4.23. The van der Waals surface area contributed by atoms with Crippen molar-refractivity contribution < 1.29 is 27.9 Å². The van der Waals surface area contributed by atoms with E-state index in [0.717, 1.165) is 16.7 Å². The highest BCUT2D eigenvalue weighted by molar-refractivity contribution is 7.13. The summed E-state index contributed by atoms with van der Waals surface area (Å²) in [6.07, 6.45) is -1.98. The number of halogens is 3. The highest BCUT2D eigenvalue weighted by atomic mass is 32.1. The van der Waals surface area contributed by atoms with E-state index in [1.165, 1.54) is 24.5 Å². The molecule has 3 heterocycles. The topological polar surface area (TPSA) is 126 Å². The van der Waals surface area contributed by atoms with Gasteiger partial charge in [0.25, 0.3) is 0 Å². The molecule has 2 amide bonds. The third-order valence-electron chi connectivity index (χ3n) is 5.47. The molecule has 1 aromatic carbocycles. The van der Waals surface area contributed by atoms with E-state index in [-0.39, 0.29) is 27.3 Å². The number of carbonyl (C=O) groups excluding carboxylic acids is 1. The van der Waals surface area contributed by atoms with Crippen LogP contribution in [0, 0.1) is 0 Å². The number of carboxylic acid groups (broad SMARTS) is 1. The van der Waals surface area contributed by atoms with Gasteiger partial charge in [-0.15, -0.1) is 11.3 Å². The maximum atomic E-state index is 13.3. The molecular weight excluding hydrogens is 511 g/mol. The number of alkyl halides is 3. The van der Waals surface area contributed by atoms with Crippen LogP contribution in [0.2, 0.25) is 0 Å². The lowest BCUT2D eigenvalue weighted by atomic mass is 9.99. The number of aryl methyl sites for hydroxylation is 1. The zero-order valence-electron chi connectivity index (χ0n) is 19.5. The van der Waals surface area contributed by atoms with Crippen LogP contribution in [0.1, 0.15) is 29.9 Å². The Balaban J connectivity index is 1.91. The molecule has 3 aromatic heterocycles. The van der Waals surface area contributed by atoms with Gasteiger partial charge in [-0.3, -0.25) is 10.1 Å². The van der Waals surface area contributed by atoms with E-state index in [9.17, 15) is 32.7 Å². The van der Waals surface area contributed by atoms with Crippen molar-refractivity contribution in [1.29, 1.82) is 0 Å². The Morgan fingerprint density at radius 3 is 2.54 bits per heavy atom. The Kier molecular flexibility index (Phi) is 6.99. The van der Waals surface area contributed by atoms with Crippen LogP contribution >= 0.6 is 11.3 Å². The van der Waals surface area contributed by atoms with Crippen molar-refractivity contribution >= 4 is 40.1 Å². The SMILES string of the molecule is CCNC(=O)Nc1cc(-c2nc(C(F)(F)F)cs2)c(-c2ccc3c(=O)c(C(=O)O)cn(CC)c3c2)cn1. The molecule has 9 nitrogen and oxygen atoms in total. The largest absolute Gasteiger partial charge is 0.477 e. The number of nitrogens with zero attached hydrogens (tertiary/aromatic N) is 3. The van der Waals surface area contributed by atoms with Gasteiger partial charge in [-0.05, 0) is 37.6 Å². The zero-order chi connectivity index (χ0) is 26.9. The molecule has 0 spiro atoms. The summed E-state index contributed by atoms with van der Waals surface area (Å²) in [7, 11) is 0. The molecule has 0 atom stereocenters. The quantitative estimate of drug-likeness (QED) is 0.319. The normalized spacial score (nSPS) is 11.5. The third kappa shape index (κ3) is 5.16. The number of amides is 2. The fraction of sp³-hybridized carbons (Fsp3) is 0.208. The van der Waals surface area contributed by atoms with Crippen molar-refractivity contribution in [2.75, 3.05) is 11.9 Å². The Labute approximate surface area is 211 Å². The van der Waals surface area contributed by atoms with E-state index >= 15 is 0 Å². The van der Waals surface area contributed by atoms with Gasteiger partial charge >= 0.3 is 18.2 Å². The fourth-order valence-corrected chi connectivity index (χ4v) is 4.61. The van der Waals surface area contributed by atoms with Crippen LogP contribution in [0.15, 0.2) is 46.8 Å². The third-order valence-corrected chi connectivity index (χ3v) is 6.35. The van der Waals surface area contributed by atoms with Gasteiger partial charge in [0, 0.05) is 47.4 Å². The minimum absolute atomic E-state index is 0.0536. The molecule has 0 fully saturated rings. The van der Waals surface area contributed by atoms with Gasteiger partial charge in [-0.25, -0.2) is 19.6 Å². The molecule has 0 bridgehead atoms. The van der Waals surface area contributed by atoms with E-state index in [2.05, 4.69) is 20.6 Å². The number of benzene rings is 1. The maximum absolute atomic E-state index is 13.3. The summed E-state index contributed by atoms with van der Waals surface area (Å²) in [5.74, 6) is -1.24. The second-order valence-corrected chi connectivity index (χ2v) is 8.69. The molecule has 0 radical (unpaired) electrons. The van der Waals surface area contributed by atoms with Gasteiger partial charge in [0.15, 0.2) is 5.69 Å². The van der Waals surface area contributed by atoms with E-state index in [0.29, 0.717) is 29.7 Å². The average molecular weight is 532 g/mol. The summed E-state index contributed by atoms with van der Waals surface area (Å²) < 4.78 is 41.4. The van der Waals surface area contributed by atoms with Gasteiger partial charge in [-0.2, -0.15) is 13.2 Å². The number of nitrogens with one attached hydrogen (secondary N) is 2. The van der Waals surface area contributed by atoms with Crippen LogP contribution in [0.4, 0.5) is 23.8 Å². The zero-order valence-corrected chi connectivity index (χ0v) is 20.3. The molecule has 4 rings (SSSR count). The number of aromatic nitrogens is 3. The lowest BCUT2D eigenvalue weighted by Crippen LogP contribution is -2.28. The van der Waals surface area contributed by atoms with Crippen molar-refractivity contribution in [3.63, 3.8) is 0 Å². The Bertz CT molecular complexity index is 1580. The fourth-order valence-electron chi connectivity index (χ4n) is 3.75. The number of urea groups is 1. The number of anilines is 1. The van der Waals surface area contributed by atoms with E-state index in [4.69, 9.17) is 0 Å². The number of hydrogen-bond donors (Lipinski definition) is 3. The molecule has 0 saturated heterocycles. The number of fused-ring (bicyclic) bond motifs is 1. The average Bonchev–Trinajstić information content (AvgIpc) is 3.35. The molecular formula is C24H20F3N5O4S. The van der Waals surface area contributed by atoms with Crippen LogP contribution in [-0.4, -0.2) is 38.2 Å². The monoisotopic (exact) mass is 531 g/mol. The lowest BCUT2D eigenvalue weighted by molar-refractivity contribution is -0.140. The first kappa shape index (κ1) is 25.8. The van der Waals surface area contributed by atoms with Crippen molar-refractivity contribution in [2.45, 2.75) is 26.6 Å². The number of hydrogen-bond acceptors (Lipinski definition) is 6. The first-order valence-corrected chi connectivity index (χ1v) is 11.9. The van der Waals surface area contributed by atoms with Gasteiger partial charge in [0.05, 0.1) is 5.52 Å². The van der Waals surface area contributed by atoms with Crippen molar-refractivity contribution in [1.82, 2.24) is 19.9 Å². The number of carboxylic acids is 1. The van der Waals surface area contributed by atoms with Crippen LogP contribution < -0.4 is 16.1 Å². The van der Waals surface area contributed by atoms with Crippen LogP contribution in [0.25, 0.3) is 32.6 Å². The summed E-state index contributed by atoms with van der Waals surface area (Å²) >= 11 is 0.787. The van der Waals surface area contributed by atoms with Crippen molar-refractivity contribution in [2.24, 2.45) is 0 Å². The van der Waals surface area contributed by atoms with Crippen LogP contribution in [0.3, 0.4) is 0 Å². The summed E-state index contributed by atoms with van der Waals surface area (Å²) in [5.41, 5.74) is -0.416. The maximum Gasteiger partial charge on any atom is 0.434 e. The summed E-state index contributed by atoms with van der Waals surface area (Å²) in [6, 6.07) is 5.57. The molecule has 3 N–H and O–H groups in total. The van der Waals surface area contributed by atoms with Gasteiger partial charge in [-0.1, -0.05) is 6.07 Å². The smallest absolute Gasteiger partial charge is 0.434 e. The molecule has 0 aliphatic carbocycles. The highest BCUT2D eigenvalue weighted by Crippen LogP contribution is 2.39. The predicted octanol–water partition coefficient (Wildman–Crippen LogP) is 5.07. The molecule has 37 heavy (non-hydrogen) atoms. The number of rotatable bonds is 6. The first-order chi connectivity index (χ1) is 17.5. The standard InChI is InChI=1S/C24H20F3N5O4S/c1-3-28-23(36)31-19-8-14(21-30-18(11-37-21)24(25,26)27)15(9-29-19)12-5-6-13-17(7-12)32(4-2)10-16(20(13)33)22(34)35/h5-11H,3-4H2,1-2H3,(H,34,35)(H2,28,29,31,36). The Morgan fingerprint density at radius 2 is 1.92 bits per heavy atom. The Morgan fingerprint density at radius 1 is 1.16 bits per heavy atom. The lowest BCUT2D eigenvalue weighted by Gasteiger charge is -2.14. The first-order valence-electron chi connectivity index (χ1n) is 11.0. The number of pyridine rings is 2.